The number of nitroso groups, excluding NO2 is 1. The van der Waals surface area contributed by atoms with Gasteiger partial charge in [0.1, 0.15) is 23.3 Å². The summed E-state index contributed by atoms with van der Waals surface area (Å²) in [6, 6.07) is 3.62. The number of phenolic OH excluding ortho intramolecular Hbond substituents is 2. The summed E-state index contributed by atoms with van der Waals surface area (Å²) in [5.41, 5.74) is -0.226. The number of methoxy groups -OCH3 is 1. The molecule has 3 atom stereocenters. The van der Waals surface area contributed by atoms with Gasteiger partial charge in [-0.25, -0.2) is 0 Å². The number of ether oxygens (including phenoxy) is 1. The summed E-state index contributed by atoms with van der Waals surface area (Å²) in [6.07, 6.45) is 2.23. The van der Waals surface area contributed by atoms with E-state index < -0.39 is 29.2 Å². The summed E-state index contributed by atoms with van der Waals surface area (Å²) in [6.45, 7) is 6.11. The Morgan fingerprint density at radius 3 is 2.59 bits per heavy atom. The van der Waals surface area contributed by atoms with Gasteiger partial charge in [0.15, 0.2) is 5.78 Å². The molecule has 0 saturated carbocycles. The van der Waals surface area contributed by atoms with Crippen molar-refractivity contribution in [3.8, 4) is 17.2 Å². The molecule has 0 aromatic heterocycles. The molecule has 1 saturated heterocycles. The summed E-state index contributed by atoms with van der Waals surface area (Å²) in [5, 5.41) is 25.9. The van der Waals surface area contributed by atoms with Crippen LogP contribution in [-0.2, 0) is 6.42 Å². The molecule has 2 aromatic carbocycles. The number of ketones is 2. The molecule has 2 bridgehead atoms. The average Bonchev–Trinajstić information content (AvgIpc) is 2.96. The Kier molecular flexibility index (Phi) is 4.29. The van der Waals surface area contributed by atoms with Crippen molar-refractivity contribution in [1.29, 1.82) is 0 Å². The molecule has 3 unspecified atom stereocenters. The summed E-state index contributed by atoms with van der Waals surface area (Å²) in [7, 11) is 1.40. The molecule has 2 N–H and O–H groups in total. The highest BCUT2D eigenvalue weighted by Gasteiger charge is 2.57. The van der Waals surface area contributed by atoms with Crippen LogP contribution in [0.2, 0.25) is 0 Å². The molecule has 1 aliphatic carbocycles. The Balaban J connectivity index is 1.80. The quantitative estimate of drug-likeness (QED) is 0.368. The van der Waals surface area contributed by atoms with Crippen molar-refractivity contribution in [2.75, 3.05) is 13.7 Å². The molecule has 0 amide bonds. The second-order valence-corrected chi connectivity index (χ2v) is 8.73. The lowest BCUT2D eigenvalue weighted by Gasteiger charge is -2.44. The first-order valence-corrected chi connectivity index (χ1v) is 10.4. The van der Waals surface area contributed by atoms with Crippen LogP contribution in [0.4, 0.5) is 0 Å². The summed E-state index contributed by atoms with van der Waals surface area (Å²) >= 11 is 0. The van der Waals surface area contributed by atoms with Crippen LogP contribution in [-0.4, -0.2) is 51.9 Å². The van der Waals surface area contributed by atoms with E-state index in [0.717, 1.165) is 0 Å². The number of hydrogen-bond donors (Lipinski definition) is 2. The van der Waals surface area contributed by atoms with Crippen molar-refractivity contribution >= 4 is 11.6 Å². The Morgan fingerprint density at radius 2 is 1.94 bits per heavy atom. The van der Waals surface area contributed by atoms with Crippen LogP contribution in [0.3, 0.4) is 0 Å². The zero-order valence-electron chi connectivity index (χ0n) is 17.7. The van der Waals surface area contributed by atoms with Gasteiger partial charge in [0.05, 0.1) is 23.8 Å². The topological polar surface area (TPSA) is 117 Å². The molecule has 32 heavy (non-hydrogen) atoms. The Bertz CT molecular complexity index is 1240. The average molecular weight is 434 g/mol. The van der Waals surface area contributed by atoms with Gasteiger partial charge in [-0.2, -0.15) is 4.91 Å². The third kappa shape index (κ3) is 2.30. The van der Waals surface area contributed by atoms with E-state index in [1.54, 1.807) is 18.2 Å². The third-order valence-electron chi connectivity index (χ3n) is 7.28. The van der Waals surface area contributed by atoms with Crippen LogP contribution in [0, 0.1) is 4.91 Å². The van der Waals surface area contributed by atoms with E-state index >= 15 is 0 Å². The molecule has 8 nitrogen and oxygen atoms in total. The predicted molar refractivity (Wildman–Crippen MR) is 116 cm³/mol. The molecule has 0 spiro atoms. The van der Waals surface area contributed by atoms with E-state index in [4.69, 9.17) is 4.74 Å². The van der Waals surface area contributed by atoms with Crippen LogP contribution in [0.1, 0.15) is 62.4 Å². The van der Waals surface area contributed by atoms with Crippen molar-refractivity contribution in [3.05, 3.63) is 69.1 Å². The molecular weight excluding hydrogens is 412 g/mol. The van der Waals surface area contributed by atoms with Gasteiger partial charge in [-0.05, 0) is 25.8 Å². The van der Waals surface area contributed by atoms with Crippen LogP contribution in [0.25, 0.3) is 0 Å². The lowest BCUT2D eigenvalue weighted by Crippen LogP contribution is -2.52. The Hall–Kier alpha value is -3.52. The molecular formula is C24H22N2O6. The highest BCUT2D eigenvalue weighted by atomic mass is 16.5. The summed E-state index contributed by atoms with van der Waals surface area (Å²) in [4.78, 5) is 40.5. The number of fused-ring (bicyclic) bond motifs is 6. The van der Waals surface area contributed by atoms with Gasteiger partial charge < -0.3 is 14.9 Å². The zero-order valence-corrected chi connectivity index (χ0v) is 17.7. The fourth-order valence-corrected chi connectivity index (χ4v) is 5.78. The summed E-state index contributed by atoms with van der Waals surface area (Å²) in [5.74, 6) is -1.58. The minimum absolute atomic E-state index is 0.0598. The van der Waals surface area contributed by atoms with Gasteiger partial charge in [-0.3, -0.25) is 14.5 Å². The van der Waals surface area contributed by atoms with E-state index in [-0.39, 0.29) is 45.9 Å². The number of phenols is 2. The van der Waals surface area contributed by atoms with E-state index in [2.05, 4.69) is 11.8 Å². The minimum atomic E-state index is -0.714. The van der Waals surface area contributed by atoms with E-state index in [1.807, 2.05) is 11.8 Å². The molecule has 5 rings (SSSR count). The van der Waals surface area contributed by atoms with Crippen molar-refractivity contribution in [2.45, 2.75) is 37.4 Å². The first-order valence-electron chi connectivity index (χ1n) is 10.4. The van der Waals surface area contributed by atoms with E-state index in [9.17, 15) is 24.7 Å². The molecule has 2 aliphatic heterocycles. The first-order chi connectivity index (χ1) is 15.3. The fourth-order valence-electron chi connectivity index (χ4n) is 5.78. The second kappa shape index (κ2) is 6.74. The highest BCUT2D eigenvalue weighted by Crippen LogP contribution is 2.57. The van der Waals surface area contributed by atoms with Gasteiger partial charge in [-0.1, -0.05) is 23.4 Å². The minimum Gasteiger partial charge on any atom is -0.507 e. The largest absolute Gasteiger partial charge is 0.507 e. The van der Waals surface area contributed by atoms with Gasteiger partial charge in [-0.15, -0.1) is 6.58 Å². The van der Waals surface area contributed by atoms with Gasteiger partial charge >= 0.3 is 0 Å². The maximum absolute atomic E-state index is 13.5. The normalized spacial score (nSPS) is 25.7. The number of carbonyl (C=O) groups excluding carboxylic acids is 2. The van der Waals surface area contributed by atoms with Gasteiger partial charge in [0, 0.05) is 34.8 Å². The molecule has 0 radical (unpaired) electrons. The molecule has 164 valence electrons. The van der Waals surface area contributed by atoms with Crippen LogP contribution in [0.15, 0.2) is 36.0 Å². The van der Waals surface area contributed by atoms with Crippen LogP contribution >= 0.6 is 0 Å². The number of nitrogens with zero attached hydrogens (tertiary/aromatic N) is 2. The van der Waals surface area contributed by atoms with Crippen molar-refractivity contribution in [2.24, 2.45) is 5.18 Å². The van der Waals surface area contributed by atoms with Crippen molar-refractivity contribution in [1.82, 2.24) is 4.90 Å². The molecule has 1 fully saturated rings. The highest BCUT2D eigenvalue weighted by molar-refractivity contribution is 6.31. The Labute approximate surface area is 184 Å². The van der Waals surface area contributed by atoms with E-state index in [0.29, 0.717) is 24.1 Å². The second-order valence-electron chi connectivity index (χ2n) is 8.73. The molecule has 3 aliphatic rings. The maximum atomic E-state index is 13.5. The van der Waals surface area contributed by atoms with Gasteiger partial charge in [0.25, 0.3) is 0 Å². The standard InChI is InChI=1S/C24H22N2O6/c1-4-8-26-13-9-15(25-31)24(26,2)10-12-16(13)22(29)19-18(21(12)28)20(27)11-6-5-7-14(32-3)17(11)23(19)30/h4-7,13,15,28-29H,1,8-10H2,2-3H3. The number of aromatic hydroxyl groups is 2. The van der Waals surface area contributed by atoms with Crippen molar-refractivity contribution in [3.63, 3.8) is 0 Å². The smallest absolute Gasteiger partial charge is 0.202 e. The third-order valence-corrected chi connectivity index (χ3v) is 7.28. The SMILES string of the molecule is C=CCN1C2CC(N=O)C1(C)Cc1c(O)c3c(c(O)c12)C(=O)c1c(OC)cccc1C3=O. The number of hydrogen-bond acceptors (Lipinski definition) is 8. The molecule has 2 aromatic rings. The number of benzene rings is 2. The predicted octanol–water partition coefficient (Wildman–Crippen LogP) is 3.26. The van der Waals surface area contributed by atoms with Crippen molar-refractivity contribution < 1.29 is 24.5 Å². The monoisotopic (exact) mass is 434 g/mol. The number of carbonyl (C=O) groups is 2. The lowest BCUT2D eigenvalue weighted by atomic mass is 9.76. The maximum Gasteiger partial charge on any atom is 0.202 e. The summed E-state index contributed by atoms with van der Waals surface area (Å²) < 4.78 is 5.29. The lowest BCUT2D eigenvalue weighted by molar-refractivity contribution is 0.0956. The fraction of sp³-hybridized carbons (Fsp3) is 0.333. The molecule has 8 heteroatoms. The first kappa shape index (κ1) is 20.4. The van der Waals surface area contributed by atoms with Crippen LogP contribution in [0.5, 0.6) is 17.2 Å². The molecule has 2 heterocycles. The Morgan fingerprint density at radius 1 is 1.22 bits per heavy atom. The van der Waals surface area contributed by atoms with Gasteiger partial charge in [0.2, 0.25) is 5.78 Å². The van der Waals surface area contributed by atoms with E-state index in [1.165, 1.54) is 13.2 Å². The van der Waals surface area contributed by atoms with Crippen LogP contribution < -0.4 is 4.74 Å². The number of rotatable bonds is 4. The zero-order chi connectivity index (χ0) is 22.9.